The molecule has 0 fully saturated rings. The van der Waals surface area contributed by atoms with Crippen molar-refractivity contribution in [2.24, 2.45) is 5.73 Å². The fourth-order valence-corrected chi connectivity index (χ4v) is 6.01. The van der Waals surface area contributed by atoms with Crippen LogP contribution in [0.25, 0.3) is 0 Å². The average molecular weight is 675 g/mol. The lowest BCUT2D eigenvalue weighted by atomic mass is 10.0. The minimum atomic E-state index is -4.39. The minimum absolute atomic E-state index is 0.0456. The van der Waals surface area contributed by atoms with Crippen molar-refractivity contribution in [2.45, 2.75) is 180 Å². The Morgan fingerprint density at radius 2 is 1.24 bits per heavy atom. The summed E-state index contributed by atoms with van der Waals surface area (Å²) < 4.78 is 21.9. The van der Waals surface area contributed by atoms with Gasteiger partial charge in [0.2, 0.25) is 5.91 Å². The molecule has 0 aliphatic rings. The van der Waals surface area contributed by atoms with E-state index in [-0.39, 0.29) is 19.6 Å². The molecule has 0 aromatic heterocycles. The summed E-state index contributed by atoms with van der Waals surface area (Å²) in [6.07, 6.45) is 31.3. The number of unbranched alkanes of at least 4 members (excludes halogenated alkanes) is 18. The molecule has 0 bridgehead atoms. The van der Waals surface area contributed by atoms with Gasteiger partial charge in [0.1, 0.15) is 0 Å². The Bertz CT molecular complexity index is 796. The zero-order valence-electron chi connectivity index (χ0n) is 29.4. The Kier molecular flexibility index (Phi) is 31.7. The molecule has 0 aromatic carbocycles. The first-order valence-electron chi connectivity index (χ1n) is 18.5. The molecule has 0 aromatic rings. The van der Waals surface area contributed by atoms with Crippen LogP contribution in [0.1, 0.15) is 162 Å². The van der Waals surface area contributed by atoms with Gasteiger partial charge in [-0.05, 0) is 32.1 Å². The third kappa shape index (κ3) is 30.3. The van der Waals surface area contributed by atoms with Gasteiger partial charge in [-0.25, -0.2) is 4.57 Å². The number of amides is 1. The summed E-state index contributed by atoms with van der Waals surface area (Å²) in [6.45, 7) is 3.90. The summed E-state index contributed by atoms with van der Waals surface area (Å²) in [4.78, 5) is 22.6. The number of aliphatic hydroxyl groups is 2. The molecular formula is C36H71N2O7P. The third-order valence-electron chi connectivity index (χ3n) is 8.08. The molecule has 4 unspecified atom stereocenters. The standard InChI is InChI=1S/C36H71N2O7P/c1-3-5-7-9-11-13-14-15-16-17-18-20-22-24-26-28-35(40)34(32-45-46(42,43)44-30-29-37)38-36(41)31-33(39)27-25-23-21-19-12-10-8-6-4-2/h18,20,26,28,33-35,39-40H,3-17,19,21-25,27,29-32,37H2,1-2H3,(H,38,41)(H,42,43)/b20-18+,28-26+. The number of phosphoric ester groups is 1. The molecule has 9 nitrogen and oxygen atoms in total. The lowest BCUT2D eigenvalue weighted by Crippen LogP contribution is -2.46. The highest BCUT2D eigenvalue weighted by atomic mass is 31.2. The molecular weight excluding hydrogens is 603 g/mol. The van der Waals surface area contributed by atoms with E-state index in [1.54, 1.807) is 6.08 Å². The van der Waals surface area contributed by atoms with Crippen LogP contribution >= 0.6 is 7.82 Å². The van der Waals surface area contributed by atoms with Crippen molar-refractivity contribution in [3.63, 3.8) is 0 Å². The van der Waals surface area contributed by atoms with Crippen LogP contribution in [0.15, 0.2) is 24.3 Å². The van der Waals surface area contributed by atoms with Gasteiger partial charge >= 0.3 is 7.82 Å². The van der Waals surface area contributed by atoms with Gasteiger partial charge in [0, 0.05) is 6.54 Å². The Morgan fingerprint density at radius 1 is 0.739 bits per heavy atom. The van der Waals surface area contributed by atoms with Crippen LogP contribution in [0.3, 0.4) is 0 Å². The highest BCUT2D eigenvalue weighted by molar-refractivity contribution is 7.47. The largest absolute Gasteiger partial charge is 0.472 e. The summed E-state index contributed by atoms with van der Waals surface area (Å²) in [6, 6.07) is -0.993. The predicted molar refractivity (Wildman–Crippen MR) is 191 cm³/mol. The highest BCUT2D eigenvalue weighted by Gasteiger charge is 2.27. The molecule has 0 saturated carbocycles. The van der Waals surface area contributed by atoms with Crippen molar-refractivity contribution in [1.82, 2.24) is 5.32 Å². The number of nitrogens with one attached hydrogen (secondary N) is 1. The second-order valence-corrected chi connectivity index (χ2v) is 14.1. The molecule has 0 spiro atoms. The number of rotatable bonds is 34. The van der Waals surface area contributed by atoms with Crippen LogP contribution < -0.4 is 11.1 Å². The second kappa shape index (κ2) is 32.5. The van der Waals surface area contributed by atoms with Gasteiger partial charge in [-0.15, -0.1) is 0 Å². The van der Waals surface area contributed by atoms with Gasteiger partial charge in [-0.1, -0.05) is 147 Å². The van der Waals surface area contributed by atoms with E-state index >= 15 is 0 Å². The number of hydrogen-bond acceptors (Lipinski definition) is 7. The van der Waals surface area contributed by atoms with Crippen molar-refractivity contribution in [1.29, 1.82) is 0 Å². The van der Waals surface area contributed by atoms with E-state index in [2.05, 4.69) is 31.3 Å². The highest BCUT2D eigenvalue weighted by Crippen LogP contribution is 2.43. The molecule has 0 saturated heterocycles. The molecule has 10 heteroatoms. The van der Waals surface area contributed by atoms with E-state index < -0.39 is 38.6 Å². The first kappa shape index (κ1) is 44.9. The Labute approximate surface area is 281 Å². The number of carbonyl (C=O) groups excluding carboxylic acids is 1. The van der Waals surface area contributed by atoms with E-state index in [4.69, 9.17) is 14.8 Å². The van der Waals surface area contributed by atoms with Crippen LogP contribution in [0.5, 0.6) is 0 Å². The fraction of sp³-hybridized carbons (Fsp3) is 0.861. The molecule has 46 heavy (non-hydrogen) atoms. The lowest BCUT2D eigenvalue weighted by molar-refractivity contribution is -0.124. The van der Waals surface area contributed by atoms with Gasteiger partial charge in [0.05, 0.1) is 37.9 Å². The maximum atomic E-state index is 12.7. The summed E-state index contributed by atoms with van der Waals surface area (Å²) in [5.74, 6) is -0.459. The second-order valence-electron chi connectivity index (χ2n) is 12.6. The van der Waals surface area contributed by atoms with Gasteiger partial charge in [-0.3, -0.25) is 13.8 Å². The van der Waals surface area contributed by atoms with E-state index in [0.717, 1.165) is 32.1 Å². The number of hydrogen-bond donors (Lipinski definition) is 5. The summed E-state index contributed by atoms with van der Waals surface area (Å²) in [5, 5.41) is 23.8. The number of phosphoric acid groups is 1. The van der Waals surface area contributed by atoms with Crippen molar-refractivity contribution in [3.05, 3.63) is 24.3 Å². The fourth-order valence-electron chi connectivity index (χ4n) is 5.25. The summed E-state index contributed by atoms with van der Waals surface area (Å²) >= 11 is 0. The Balaban J connectivity index is 4.52. The van der Waals surface area contributed by atoms with E-state index in [1.165, 1.54) is 96.3 Å². The normalized spacial score (nSPS) is 15.3. The smallest absolute Gasteiger partial charge is 0.393 e. The number of nitrogens with two attached hydrogens (primary N) is 1. The molecule has 0 aliphatic heterocycles. The Hall–Kier alpha value is -1.06. The quantitative estimate of drug-likeness (QED) is 0.0259. The van der Waals surface area contributed by atoms with Crippen molar-refractivity contribution in [2.75, 3.05) is 19.8 Å². The average Bonchev–Trinajstić information content (AvgIpc) is 3.03. The van der Waals surface area contributed by atoms with Crippen LogP contribution in [-0.4, -0.2) is 59.0 Å². The van der Waals surface area contributed by atoms with Gasteiger partial charge in [0.25, 0.3) is 0 Å². The molecule has 1 amide bonds. The van der Waals surface area contributed by atoms with Gasteiger partial charge < -0.3 is 26.2 Å². The van der Waals surface area contributed by atoms with E-state index in [0.29, 0.717) is 12.8 Å². The zero-order chi connectivity index (χ0) is 34.1. The topological polar surface area (TPSA) is 151 Å². The van der Waals surface area contributed by atoms with Gasteiger partial charge in [-0.2, -0.15) is 0 Å². The van der Waals surface area contributed by atoms with Crippen molar-refractivity contribution in [3.8, 4) is 0 Å². The Morgan fingerprint density at radius 3 is 1.80 bits per heavy atom. The van der Waals surface area contributed by atoms with Crippen molar-refractivity contribution >= 4 is 13.7 Å². The maximum Gasteiger partial charge on any atom is 0.472 e. The summed E-state index contributed by atoms with van der Waals surface area (Å²) in [5.41, 5.74) is 5.33. The summed E-state index contributed by atoms with van der Waals surface area (Å²) in [7, 11) is -4.39. The van der Waals surface area contributed by atoms with Crippen LogP contribution in [0.4, 0.5) is 0 Å². The minimum Gasteiger partial charge on any atom is -0.393 e. The number of carbonyl (C=O) groups is 1. The molecule has 4 atom stereocenters. The molecule has 272 valence electrons. The SMILES string of the molecule is CCCCCCCCCCC/C=C/CC/C=C/C(O)C(COP(=O)(O)OCCN)NC(=O)CC(O)CCCCCCCCCCC. The van der Waals surface area contributed by atoms with Crippen LogP contribution in [-0.2, 0) is 18.4 Å². The van der Waals surface area contributed by atoms with E-state index in [1.807, 2.05) is 6.08 Å². The molecule has 0 aliphatic carbocycles. The number of aliphatic hydroxyl groups excluding tert-OH is 2. The lowest BCUT2D eigenvalue weighted by Gasteiger charge is -2.24. The molecule has 0 radical (unpaired) electrons. The van der Waals surface area contributed by atoms with Crippen LogP contribution in [0.2, 0.25) is 0 Å². The maximum absolute atomic E-state index is 12.7. The first-order valence-corrected chi connectivity index (χ1v) is 20.0. The third-order valence-corrected chi connectivity index (χ3v) is 9.07. The monoisotopic (exact) mass is 674 g/mol. The zero-order valence-corrected chi connectivity index (χ0v) is 30.3. The van der Waals surface area contributed by atoms with Gasteiger partial charge in [0.15, 0.2) is 0 Å². The predicted octanol–water partition coefficient (Wildman–Crippen LogP) is 8.41. The van der Waals surface area contributed by atoms with E-state index in [9.17, 15) is 24.5 Å². The number of allylic oxidation sites excluding steroid dienone is 3. The molecule has 0 rings (SSSR count). The van der Waals surface area contributed by atoms with Crippen LogP contribution in [0, 0.1) is 0 Å². The molecule has 0 heterocycles. The van der Waals surface area contributed by atoms with Crippen molar-refractivity contribution < 1.29 is 33.5 Å². The first-order chi connectivity index (χ1) is 22.3. The molecule has 6 N–H and O–H groups in total.